The number of halogens is 2. The molecule has 2 rings (SSSR count). The molecule has 0 heterocycles. The topological polar surface area (TPSA) is 52.5 Å². The van der Waals surface area contributed by atoms with Gasteiger partial charge in [0.05, 0.1) is 5.69 Å². The summed E-state index contributed by atoms with van der Waals surface area (Å²) < 4.78 is 14.2. The smallest absolute Gasteiger partial charge is 0.147 e. The van der Waals surface area contributed by atoms with Crippen LogP contribution in [0.15, 0.2) is 40.9 Å². The van der Waals surface area contributed by atoms with E-state index in [1.54, 1.807) is 18.2 Å². The standard InChI is InChI=1S/C13H11BrFNO2/c14-9-2-4-12(11(15)5-9)16-7-8-1-3-10(17)6-13(8)18/h1-6,16-18H,7H2. The van der Waals surface area contributed by atoms with E-state index < -0.39 is 0 Å². The molecular weight excluding hydrogens is 301 g/mol. The fourth-order valence-electron chi connectivity index (χ4n) is 1.53. The van der Waals surface area contributed by atoms with Crippen molar-refractivity contribution in [3.8, 4) is 11.5 Å². The summed E-state index contributed by atoms with van der Waals surface area (Å²) in [6.45, 7) is 0.269. The predicted molar refractivity (Wildman–Crippen MR) is 71.2 cm³/mol. The van der Waals surface area contributed by atoms with Crippen molar-refractivity contribution in [1.82, 2.24) is 0 Å². The van der Waals surface area contributed by atoms with Gasteiger partial charge in [0.2, 0.25) is 0 Å². The number of rotatable bonds is 3. The van der Waals surface area contributed by atoms with Gasteiger partial charge in [-0.25, -0.2) is 4.39 Å². The molecule has 2 aromatic carbocycles. The van der Waals surface area contributed by atoms with Gasteiger partial charge in [-0.15, -0.1) is 0 Å². The van der Waals surface area contributed by atoms with Crippen LogP contribution in [-0.2, 0) is 6.54 Å². The monoisotopic (exact) mass is 311 g/mol. The molecule has 0 fully saturated rings. The Morgan fingerprint density at radius 3 is 2.56 bits per heavy atom. The number of phenolic OH excluding ortho intramolecular Hbond substituents is 2. The zero-order valence-corrected chi connectivity index (χ0v) is 10.9. The Morgan fingerprint density at radius 2 is 1.89 bits per heavy atom. The summed E-state index contributed by atoms with van der Waals surface area (Å²) in [5.74, 6) is -0.409. The molecule has 5 heteroatoms. The molecule has 0 atom stereocenters. The second-order valence-electron chi connectivity index (χ2n) is 3.79. The third kappa shape index (κ3) is 2.92. The van der Waals surface area contributed by atoms with E-state index >= 15 is 0 Å². The normalized spacial score (nSPS) is 10.3. The Morgan fingerprint density at radius 1 is 1.11 bits per heavy atom. The number of phenols is 2. The minimum absolute atomic E-state index is 0.00827. The second kappa shape index (κ2) is 5.27. The van der Waals surface area contributed by atoms with Crippen molar-refractivity contribution in [2.75, 3.05) is 5.32 Å². The first kappa shape index (κ1) is 12.7. The Bertz CT molecular complexity index is 523. The van der Waals surface area contributed by atoms with Gasteiger partial charge in [0.15, 0.2) is 0 Å². The zero-order valence-electron chi connectivity index (χ0n) is 9.32. The van der Waals surface area contributed by atoms with E-state index in [4.69, 9.17) is 5.11 Å². The lowest BCUT2D eigenvalue weighted by Gasteiger charge is -2.09. The zero-order chi connectivity index (χ0) is 13.1. The van der Waals surface area contributed by atoms with E-state index in [0.717, 1.165) is 0 Å². The first-order valence-electron chi connectivity index (χ1n) is 5.26. The molecule has 3 N–H and O–H groups in total. The Balaban J connectivity index is 2.11. The van der Waals surface area contributed by atoms with Gasteiger partial charge in [-0.1, -0.05) is 15.9 Å². The van der Waals surface area contributed by atoms with Crippen molar-refractivity contribution in [2.45, 2.75) is 6.54 Å². The Labute approximate surface area is 112 Å². The van der Waals surface area contributed by atoms with Gasteiger partial charge >= 0.3 is 0 Å². The number of hydrogen-bond donors (Lipinski definition) is 3. The van der Waals surface area contributed by atoms with Gasteiger partial charge in [0.1, 0.15) is 17.3 Å². The van der Waals surface area contributed by atoms with Crippen LogP contribution in [0.25, 0.3) is 0 Å². The van der Waals surface area contributed by atoms with Crippen molar-refractivity contribution in [3.05, 3.63) is 52.3 Å². The highest BCUT2D eigenvalue weighted by atomic mass is 79.9. The third-order valence-electron chi connectivity index (χ3n) is 2.47. The molecule has 3 nitrogen and oxygen atoms in total. The summed E-state index contributed by atoms with van der Waals surface area (Å²) >= 11 is 3.18. The lowest BCUT2D eigenvalue weighted by molar-refractivity contribution is 0.446. The van der Waals surface area contributed by atoms with Crippen molar-refractivity contribution in [3.63, 3.8) is 0 Å². The van der Waals surface area contributed by atoms with Crippen molar-refractivity contribution in [1.29, 1.82) is 0 Å². The van der Waals surface area contributed by atoms with Crippen LogP contribution >= 0.6 is 15.9 Å². The largest absolute Gasteiger partial charge is 0.508 e. The van der Waals surface area contributed by atoms with Crippen LogP contribution in [0.2, 0.25) is 0 Å². The van der Waals surface area contributed by atoms with E-state index in [2.05, 4.69) is 21.2 Å². The lowest BCUT2D eigenvalue weighted by atomic mass is 10.2. The average molecular weight is 312 g/mol. The van der Waals surface area contributed by atoms with Gasteiger partial charge in [-0.05, 0) is 30.3 Å². The first-order chi connectivity index (χ1) is 8.56. The molecule has 0 unspecified atom stereocenters. The molecule has 0 aliphatic rings. The third-order valence-corrected chi connectivity index (χ3v) is 2.96. The van der Waals surface area contributed by atoms with Crippen LogP contribution in [0.3, 0.4) is 0 Å². The summed E-state index contributed by atoms with van der Waals surface area (Å²) in [7, 11) is 0. The van der Waals surface area contributed by atoms with E-state index in [-0.39, 0.29) is 23.9 Å². The predicted octanol–water partition coefficient (Wildman–Crippen LogP) is 3.61. The summed E-state index contributed by atoms with van der Waals surface area (Å²) in [5.41, 5.74) is 0.931. The molecule has 0 radical (unpaired) electrons. The van der Waals surface area contributed by atoms with Gasteiger partial charge in [-0.2, -0.15) is 0 Å². The van der Waals surface area contributed by atoms with Crippen molar-refractivity contribution in [2.24, 2.45) is 0 Å². The lowest BCUT2D eigenvalue weighted by Crippen LogP contribution is -2.01. The van der Waals surface area contributed by atoms with E-state index in [9.17, 15) is 9.50 Å². The number of benzene rings is 2. The van der Waals surface area contributed by atoms with Gasteiger partial charge in [-0.3, -0.25) is 0 Å². The maximum atomic E-state index is 13.5. The molecule has 0 aliphatic heterocycles. The fourth-order valence-corrected chi connectivity index (χ4v) is 1.86. The summed E-state index contributed by atoms with van der Waals surface area (Å²) in [5, 5.41) is 21.6. The summed E-state index contributed by atoms with van der Waals surface area (Å²) in [4.78, 5) is 0. The number of aromatic hydroxyl groups is 2. The van der Waals surface area contributed by atoms with Crippen molar-refractivity contribution >= 4 is 21.6 Å². The number of nitrogens with one attached hydrogen (secondary N) is 1. The van der Waals surface area contributed by atoms with E-state index in [0.29, 0.717) is 15.7 Å². The Kier molecular flexibility index (Phi) is 3.72. The first-order valence-corrected chi connectivity index (χ1v) is 6.05. The van der Waals surface area contributed by atoms with Crippen LogP contribution < -0.4 is 5.32 Å². The molecule has 0 spiro atoms. The van der Waals surface area contributed by atoms with Gasteiger partial charge in [0, 0.05) is 22.6 Å². The van der Waals surface area contributed by atoms with Crippen molar-refractivity contribution < 1.29 is 14.6 Å². The van der Waals surface area contributed by atoms with Crippen LogP contribution in [0, 0.1) is 5.82 Å². The van der Waals surface area contributed by atoms with Crippen LogP contribution in [0.1, 0.15) is 5.56 Å². The summed E-state index contributed by atoms with van der Waals surface area (Å²) in [6.07, 6.45) is 0. The molecule has 18 heavy (non-hydrogen) atoms. The van der Waals surface area contributed by atoms with Crippen LogP contribution in [0.4, 0.5) is 10.1 Å². The average Bonchev–Trinajstić information content (AvgIpc) is 2.30. The molecule has 0 bridgehead atoms. The minimum Gasteiger partial charge on any atom is -0.508 e. The van der Waals surface area contributed by atoms with Crippen LogP contribution in [-0.4, -0.2) is 10.2 Å². The quantitative estimate of drug-likeness (QED) is 0.811. The maximum absolute atomic E-state index is 13.5. The Hall–Kier alpha value is -1.75. The molecular formula is C13H11BrFNO2. The van der Waals surface area contributed by atoms with Crippen LogP contribution in [0.5, 0.6) is 11.5 Å². The maximum Gasteiger partial charge on any atom is 0.147 e. The number of hydrogen-bond acceptors (Lipinski definition) is 3. The second-order valence-corrected chi connectivity index (χ2v) is 4.71. The molecule has 0 saturated heterocycles. The molecule has 0 amide bonds. The van der Waals surface area contributed by atoms with Gasteiger partial charge in [0.25, 0.3) is 0 Å². The molecule has 94 valence electrons. The minimum atomic E-state index is -0.373. The highest BCUT2D eigenvalue weighted by Crippen LogP contribution is 2.24. The molecule has 0 aliphatic carbocycles. The highest BCUT2D eigenvalue weighted by molar-refractivity contribution is 9.10. The number of anilines is 1. The molecule has 0 aromatic heterocycles. The molecule has 2 aromatic rings. The molecule has 0 saturated carbocycles. The highest BCUT2D eigenvalue weighted by Gasteiger charge is 2.05. The fraction of sp³-hybridized carbons (Fsp3) is 0.0769. The van der Waals surface area contributed by atoms with E-state index in [1.807, 2.05) is 0 Å². The summed E-state index contributed by atoms with van der Waals surface area (Å²) in [6, 6.07) is 8.98. The van der Waals surface area contributed by atoms with E-state index in [1.165, 1.54) is 18.2 Å². The van der Waals surface area contributed by atoms with Gasteiger partial charge < -0.3 is 15.5 Å². The SMILES string of the molecule is Oc1ccc(CNc2ccc(Br)cc2F)c(O)c1.